The number of aromatic nitrogens is 2. The lowest BCUT2D eigenvalue weighted by Gasteiger charge is -2.30. The number of ether oxygens (including phenoxy) is 4. The van der Waals surface area contributed by atoms with Crippen molar-refractivity contribution in [3.63, 3.8) is 0 Å². The first-order chi connectivity index (χ1) is 13.3. The Hall–Kier alpha value is -2.61. The summed E-state index contributed by atoms with van der Waals surface area (Å²) in [7, 11) is 1.57. The molecule has 28 heavy (non-hydrogen) atoms. The molecule has 0 saturated carbocycles. The maximum Gasteiger partial charge on any atom is 0.407 e. The zero-order valence-corrected chi connectivity index (χ0v) is 16.7. The summed E-state index contributed by atoms with van der Waals surface area (Å²) in [6, 6.07) is 5.34. The third-order valence-electron chi connectivity index (χ3n) is 4.25. The smallest absolute Gasteiger partial charge is 0.407 e. The molecule has 0 bridgehead atoms. The van der Waals surface area contributed by atoms with Crippen LogP contribution in [-0.2, 0) is 9.47 Å². The van der Waals surface area contributed by atoms with Gasteiger partial charge in [0.2, 0.25) is 5.88 Å². The number of amides is 1. The maximum absolute atomic E-state index is 11.9. The molecule has 0 aliphatic carbocycles. The van der Waals surface area contributed by atoms with Crippen molar-refractivity contribution in [2.24, 2.45) is 0 Å². The van der Waals surface area contributed by atoms with Crippen LogP contribution in [0.3, 0.4) is 0 Å². The average Bonchev–Trinajstić information content (AvgIpc) is 2.65. The van der Waals surface area contributed by atoms with E-state index < -0.39 is 11.7 Å². The molecule has 1 aliphatic heterocycles. The standard InChI is InChI=1S/C20H27N3O5/c1-20(2,3)28-19(24)22-13-5-6-14(26-11-13)12-27-16-9-10-21-15-7-8-17(25-4)23-18(15)16/h7-10,13-14H,5-6,11-12H2,1-4H3,(H,22,24)/t13-,14+/m1/s1. The minimum Gasteiger partial charge on any atom is -0.488 e. The molecule has 0 aromatic carbocycles. The van der Waals surface area contributed by atoms with Gasteiger partial charge in [-0.2, -0.15) is 0 Å². The third kappa shape index (κ3) is 5.45. The van der Waals surface area contributed by atoms with Crippen LogP contribution in [0.25, 0.3) is 11.0 Å². The SMILES string of the molecule is COc1ccc2nccc(OC[C@@H]3CC[C@@H](NC(=O)OC(C)(C)C)CO3)c2n1. The number of fused-ring (bicyclic) bond motifs is 1. The highest BCUT2D eigenvalue weighted by molar-refractivity contribution is 5.81. The predicted octanol–water partition coefficient (Wildman–Crippen LogP) is 3.09. The molecule has 1 aliphatic rings. The van der Waals surface area contributed by atoms with Crippen molar-refractivity contribution in [1.29, 1.82) is 0 Å². The van der Waals surface area contributed by atoms with Crippen molar-refractivity contribution in [1.82, 2.24) is 15.3 Å². The fourth-order valence-corrected chi connectivity index (χ4v) is 2.92. The van der Waals surface area contributed by atoms with Gasteiger partial charge in [-0.05, 0) is 39.7 Å². The molecule has 1 saturated heterocycles. The van der Waals surface area contributed by atoms with Crippen molar-refractivity contribution in [2.45, 2.75) is 51.4 Å². The number of pyridine rings is 2. The van der Waals surface area contributed by atoms with Gasteiger partial charge in [-0.15, -0.1) is 0 Å². The lowest BCUT2D eigenvalue weighted by atomic mass is 10.1. The maximum atomic E-state index is 11.9. The van der Waals surface area contributed by atoms with Crippen LogP contribution in [0.2, 0.25) is 0 Å². The number of nitrogens with zero attached hydrogens (tertiary/aromatic N) is 2. The Kier molecular flexibility index (Phi) is 6.18. The van der Waals surface area contributed by atoms with Crippen LogP contribution in [0.4, 0.5) is 4.79 Å². The second-order valence-corrected chi connectivity index (χ2v) is 7.72. The highest BCUT2D eigenvalue weighted by atomic mass is 16.6. The van der Waals surface area contributed by atoms with E-state index in [0.29, 0.717) is 30.4 Å². The highest BCUT2D eigenvalue weighted by Gasteiger charge is 2.25. The Morgan fingerprint density at radius 3 is 2.79 bits per heavy atom. The van der Waals surface area contributed by atoms with Gasteiger partial charge >= 0.3 is 6.09 Å². The van der Waals surface area contributed by atoms with Gasteiger partial charge < -0.3 is 24.3 Å². The minimum absolute atomic E-state index is 0.0505. The lowest BCUT2D eigenvalue weighted by molar-refractivity contribution is -0.0283. The number of rotatable bonds is 5. The number of methoxy groups -OCH3 is 1. The number of hydrogen-bond donors (Lipinski definition) is 1. The molecule has 8 heteroatoms. The first kappa shape index (κ1) is 20.1. The molecule has 2 atom stereocenters. The Labute approximate surface area is 164 Å². The van der Waals surface area contributed by atoms with Crippen LogP contribution in [0.15, 0.2) is 24.4 Å². The van der Waals surface area contributed by atoms with E-state index in [2.05, 4.69) is 15.3 Å². The van der Waals surface area contributed by atoms with Crippen LogP contribution >= 0.6 is 0 Å². The molecule has 152 valence electrons. The van der Waals surface area contributed by atoms with E-state index in [0.717, 1.165) is 18.4 Å². The molecule has 3 rings (SSSR count). The molecule has 1 amide bonds. The Bertz CT molecular complexity index is 813. The monoisotopic (exact) mass is 389 g/mol. The summed E-state index contributed by atoms with van der Waals surface area (Å²) in [5.74, 6) is 1.15. The fraction of sp³-hybridized carbons (Fsp3) is 0.550. The van der Waals surface area contributed by atoms with Crippen molar-refractivity contribution < 1.29 is 23.7 Å². The minimum atomic E-state index is -0.514. The van der Waals surface area contributed by atoms with E-state index in [-0.39, 0.29) is 12.1 Å². The van der Waals surface area contributed by atoms with E-state index in [1.807, 2.05) is 26.8 Å². The van der Waals surface area contributed by atoms with Crippen LogP contribution in [0.5, 0.6) is 11.6 Å². The normalized spacial score (nSPS) is 19.9. The van der Waals surface area contributed by atoms with Crippen LogP contribution in [0.1, 0.15) is 33.6 Å². The molecule has 8 nitrogen and oxygen atoms in total. The first-order valence-corrected chi connectivity index (χ1v) is 9.38. The molecule has 2 aromatic rings. The Morgan fingerprint density at radius 2 is 2.11 bits per heavy atom. The molecular formula is C20H27N3O5. The van der Waals surface area contributed by atoms with E-state index in [1.165, 1.54) is 0 Å². The molecule has 1 N–H and O–H groups in total. The summed E-state index contributed by atoms with van der Waals surface area (Å²) in [5.41, 5.74) is 0.881. The van der Waals surface area contributed by atoms with Crippen LogP contribution in [-0.4, -0.2) is 54.1 Å². The molecule has 1 fully saturated rings. The Morgan fingerprint density at radius 1 is 1.29 bits per heavy atom. The second-order valence-electron chi connectivity index (χ2n) is 7.72. The molecule has 0 unspecified atom stereocenters. The predicted molar refractivity (Wildman–Crippen MR) is 104 cm³/mol. The summed E-state index contributed by atoms with van der Waals surface area (Å²) in [5, 5.41) is 2.85. The average molecular weight is 389 g/mol. The molecule has 0 radical (unpaired) electrons. The van der Waals surface area contributed by atoms with Gasteiger partial charge in [-0.3, -0.25) is 4.98 Å². The third-order valence-corrected chi connectivity index (χ3v) is 4.25. The van der Waals surface area contributed by atoms with E-state index in [9.17, 15) is 4.79 Å². The molecule has 0 spiro atoms. The van der Waals surface area contributed by atoms with Gasteiger partial charge in [0.05, 0.1) is 31.4 Å². The summed E-state index contributed by atoms with van der Waals surface area (Å²) in [4.78, 5) is 20.6. The summed E-state index contributed by atoms with van der Waals surface area (Å²) < 4.78 is 22.3. The lowest BCUT2D eigenvalue weighted by Crippen LogP contribution is -2.45. The zero-order chi connectivity index (χ0) is 20.1. The van der Waals surface area contributed by atoms with Crippen molar-refractivity contribution in [3.8, 4) is 11.6 Å². The topological polar surface area (TPSA) is 91.8 Å². The fourth-order valence-electron chi connectivity index (χ4n) is 2.92. The number of carbonyl (C=O) groups excluding carboxylic acids is 1. The van der Waals surface area contributed by atoms with Gasteiger partial charge in [0.15, 0.2) is 0 Å². The highest BCUT2D eigenvalue weighted by Crippen LogP contribution is 2.25. The van der Waals surface area contributed by atoms with Crippen molar-refractivity contribution >= 4 is 17.1 Å². The van der Waals surface area contributed by atoms with Gasteiger partial charge in [-0.1, -0.05) is 0 Å². The quantitative estimate of drug-likeness (QED) is 0.840. The van der Waals surface area contributed by atoms with Gasteiger partial charge in [-0.25, -0.2) is 9.78 Å². The number of alkyl carbamates (subject to hydrolysis) is 1. The second kappa shape index (κ2) is 8.60. The summed E-state index contributed by atoms with van der Waals surface area (Å²) >= 11 is 0. The molecule has 2 aromatic heterocycles. The van der Waals surface area contributed by atoms with Crippen molar-refractivity contribution in [3.05, 3.63) is 24.4 Å². The number of nitrogens with one attached hydrogen (secondary N) is 1. The van der Waals surface area contributed by atoms with Gasteiger partial charge in [0, 0.05) is 18.3 Å². The van der Waals surface area contributed by atoms with Gasteiger partial charge in [0.1, 0.15) is 23.5 Å². The first-order valence-electron chi connectivity index (χ1n) is 9.38. The summed E-state index contributed by atoms with van der Waals surface area (Å²) in [6.07, 6.45) is 2.80. The van der Waals surface area contributed by atoms with E-state index in [4.69, 9.17) is 18.9 Å². The molecule has 3 heterocycles. The number of hydrogen-bond acceptors (Lipinski definition) is 7. The van der Waals surface area contributed by atoms with Crippen LogP contribution in [0, 0.1) is 0 Å². The largest absolute Gasteiger partial charge is 0.488 e. The van der Waals surface area contributed by atoms with Gasteiger partial charge in [0.25, 0.3) is 0 Å². The van der Waals surface area contributed by atoms with E-state index >= 15 is 0 Å². The van der Waals surface area contributed by atoms with Crippen molar-refractivity contribution in [2.75, 3.05) is 20.3 Å². The van der Waals surface area contributed by atoms with Crippen LogP contribution < -0.4 is 14.8 Å². The number of carbonyl (C=O) groups is 1. The summed E-state index contributed by atoms with van der Waals surface area (Å²) in [6.45, 7) is 6.34. The van der Waals surface area contributed by atoms with E-state index in [1.54, 1.807) is 25.4 Å². The molecular weight excluding hydrogens is 362 g/mol. The Balaban J connectivity index is 1.51. The zero-order valence-electron chi connectivity index (χ0n) is 16.7.